The third-order valence-corrected chi connectivity index (χ3v) is 4.84. The fourth-order valence-electron chi connectivity index (χ4n) is 1.94. The average molecular weight is 383 g/mol. The molecule has 0 aliphatic carbocycles. The molecule has 0 aromatic heterocycles. The summed E-state index contributed by atoms with van der Waals surface area (Å²) in [5.74, 6) is -0.0210. The number of rotatable bonds is 8. The maximum Gasteiger partial charge on any atom is 0.261 e. The molecule has 25 heavy (non-hydrogen) atoms. The van der Waals surface area contributed by atoms with Gasteiger partial charge in [0.2, 0.25) is 0 Å². The average Bonchev–Trinajstić information content (AvgIpc) is 2.59. The smallest absolute Gasteiger partial charge is 0.261 e. The summed E-state index contributed by atoms with van der Waals surface area (Å²) in [4.78, 5) is 11.5. The van der Waals surface area contributed by atoms with Gasteiger partial charge in [-0.05, 0) is 36.8 Å². The summed E-state index contributed by atoms with van der Waals surface area (Å²) in [7, 11) is -3.77. The predicted octanol–water partition coefficient (Wildman–Crippen LogP) is 3.05. The van der Waals surface area contributed by atoms with Crippen molar-refractivity contribution in [3.8, 4) is 5.75 Å². The van der Waals surface area contributed by atoms with E-state index < -0.39 is 10.0 Å². The second-order valence-electron chi connectivity index (χ2n) is 5.20. The van der Waals surface area contributed by atoms with Crippen LogP contribution in [0.2, 0.25) is 5.02 Å². The van der Waals surface area contributed by atoms with Gasteiger partial charge in [0.1, 0.15) is 5.75 Å². The fraction of sp³-hybridized carbons (Fsp3) is 0.235. The monoisotopic (exact) mass is 382 g/mol. The molecule has 2 N–H and O–H groups in total. The van der Waals surface area contributed by atoms with Crippen molar-refractivity contribution in [3.05, 3.63) is 53.6 Å². The second kappa shape index (κ2) is 8.73. The summed E-state index contributed by atoms with van der Waals surface area (Å²) in [6, 6.07) is 12.6. The molecule has 0 radical (unpaired) electrons. The SMILES string of the molecule is CCCNC(=O)COc1ccc(S(=O)(=O)Nc2ccccc2)cc1Cl. The molecule has 0 saturated heterocycles. The molecule has 6 nitrogen and oxygen atoms in total. The van der Waals surface area contributed by atoms with Gasteiger partial charge >= 0.3 is 0 Å². The summed E-state index contributed by atoms with van der Waals surface area (Å²) >= 11 is 6.08. The first-order valence-electron chi connectivity index (χ1n) is 7.69. The molecule has 134 valence electrons. The molecule has 0 heterocycles. The number of nitrogens with one attached hydrogen (secondary N) is 2. The number of hydrogen-bond donors (Lipinski definition) is 2. The highest BCUT2D eigenvalue weighted by Gasteiger charge is 2.16. The minimum absolute atomic E-state index is 0.00383. The molecule has 2 rings (SSSR count). The van der Waals surface area contributed by atoms with E-state index in [4.69, 9.17) is 16.3 Å². The van der Waals surface area contributed by atoms with Crippen molar-refractivity contribution in [2.24, 2.45) is 0 Å². The summed E-state index contributed by atoms with van der Waals surface area (Å²) in [5.41, 5.74) is 0.451. The van der Waals surface area contributed by atoms with Crippen molar-refractivity contribution in [2.75, 3.05) is 17.9 Å². The highest BCUT2D eigenvalue weighted by atomic mass is 35.5. The first kappa shape index (κ1) is 19.1. The lowest BCUT2D eigenvalue weighted by molar-refractivity contribution is -0.123. The van der Waals surface area contributed by atoms with Gasteiger partial charge in [0.25, 0.3) is 15.9 Å². The van der Waals surface area contributed by atoms with Crippen LogP contribution >= 0.6 is 11.6 Å². The first-order chi connectivity index (χ1) is 11.9. The standard InChI is InChI=1S/C17H19ClN2O4S/c1-2-10-19-17(21)12-24-16-9-8-14(11-15(16)18)25(22,23)20-13-6-4-3-5-7-13/h3-9,11,20H,2,10,12H2,1H3,(H,19,21). The van der Waals surface area contributed by atoms with Crippen LogP contribution in [0.25, 0.3) is 0 Å². The highest BCUT2D eigenvalue weighted by molar-refractivity contribution is 7.92. The van der Waals surface area contributed by atoms with Crippen molar-refractivity contribution in [1.82, 2.24) is 5.32 Å². The van der Waals surface area contributed by atoms with E-state index in [0.29, 0.717) is 12.2 Å². The Hall–Kier alpha value is -2.25. The largest absolute Gasteiger partial charge is 0.482 e. The van der Waals surface area contributed by atoms with E-state index in [0.717, 1.165) is 6.42 Å². The van der Waals surface area contributed by atoms with Crippen molar-refractivity contribution in [3.63, 3.8) is 0 Å². The van der Waals surface area contributed by atoms with Crippen molar-refractivity contribution in [1.29, 1.82) is 0 Å². The van der Waals surface area contributed by atoms with E-state index in [1.165, 1.54) is 18.2 Å². The molecular formula is C17H19ClN2O4S. The highest BCUT2D eigenvalue weighted by Crippen LogP contribution is 2.28. The Morgan fingerprint density at radius 3 is 2.52 bits per heavy atom. The van der Waals surface area contributed by atoms with Crippen LogP contribution in [0, 0.1) is 0 Å². The molecule has 0 unspecified atom stereocenters. The number of benzene rings is 2. The van der Waals surface area contributed by atoms with Gasteiger partial charge in [-0.25, -0.2) is 8.42 Å². The molecule has 0 spiro atoms. The van der Waals surface area contributed by atoms with Crippen LogP contribution in [0.1, 0.15) is 13.3 Å². The number of ether oxygens (including phenoxy) is 1. The fourth-order valence-corrected chi connectivity index (χ4v) is 3.33. The molecule has 0 saturated carbocycles. The predicted molar refractivity (Wildman–Crippen MR) is 97.5 cm³/mol. The van der Waals surface area contributed by atoms with Crippen molar-refractivity contribution >= 4 is 33.2 Å². The summed E-state index contributed by atoms with van der Waals surface area (Å²) in [5, 5.41) is 2.78. The molecule has 2 aromatic rings. The van der Waals surface area contributed by atoms with Crippen LogP contribution in [-0.2, 0) is 14.8 Å². The van der Waals surface area contributed by atoms with E-state index >= 15 is 0 Å². The van der Waals surface area contributed by atoms with Gasteiger partial charge < -0.3 is 10.1 Å². The number of halogens is 1. The van der Waals surface area contributed by atoms with E-state index in [1.807, 2.05) is 6.92 Å². The van der Waals surface area contributed by atoms with Gasteiger partial charge in [-0.1, -0.05) is 36.7 Å². The zero-order valence-electron chi connectivity index (χ0n) is 13.7. The minimum Gasteiger partial charge on any atom is -0.482 e. The summed E-state index contributed by atoms with van der Waals surface area (Å²) in [6.07, 6.45) is 0.827. The quantitative estimate of drug-likeness (QED) is 0.734. The van der Waals surface area contributed by atoms with Crippen LogP contribution in [0.15, 0.2) is 53.4 Å². The molecule has 0 bridgehead atoms. The lowest BCUT2D eigenvalue weighted by Gasteiger charge is -2.11. The maximum atomic E-state index is 12.4. The lowest BCUT2D eigenvalue weighted by Crippen LogP contribution is -2.29. The first-order valence-corrected chi connectivity index (χ1v) is 9.55. The summed E-state index contributed by atoms with van der Waals surface area (Å²) < 4.78 is 32.5. The lowest BCUT2D eigenvalue weighted by atomic mass is 10.3. The Balaban J connectivity index is 2.06. The third kappa shape index (κ3) is 5.65. The molecule has 0 aliphatic rings. The molecule has 2 aromatic carbocycles. The number of para-hydroxylation sites is 1. The minimum atomic E-state index is -3.77. The van der Waals surface area contributed by atoms with Gasteiger partial charge in [-0.3, -0.25) is 9.52 Å². The van der Waals surface area contributed by atoms with Gasteiger partial charge in [0.05, 0.1) is 9.92 Å². The topological polar surface area (TPSA) is 84.5 Å². The molecule has 0 fully saturated rings. The van der Waals surface area contributed by atoms with Crippen molar-refractivity contribution in [2.45, 2.75) is 18.2 Å². The van der Waals surface area contributed by atoms with Crippen LogP contribution < -0.4 is 14.8 Å². The van der Waals surface area contributed by atoms with E-state index in [1.54, 1.807) is 30.3 Å². The van der Waals surface area contributed by atoms with E-state index in [9.17, 15) is 13.2 Å². The van der Waals surface area contributed by atoms with E-state index in [-0.39, 0.29) is 28.2 Å². The van der Waals surface area contributed by atoms with Crippen LogP contribution in [0.5, 0.6) is 5.75 Å². The number of hydrogen-bond acceptors (Lipinski definition) is 4. The molecule has 0 atom stereocenters. The molecule has 8 heteroatoms. The van der Waals surface area contributed by atoms with Gasteiger partial charge in [-0.2, -0.15) is 0 Å². The van der Waals surface area contributed by atoms with Gasteiger partial charge in [-0.15, -0.1) is 0 Å². The molecule has 0 aliphatic heterocycles. The Kier molecular flexibility index (Phi) is 6.66. The zero-order chi connectivity index (χ0) is 18.3. The van der Waals surface area contributed by atoms with Crippen LogP contribution in [-0.4, -0.2) is 27.5 Å². The molecular weight excluding hydrogens is 364 g/mol. The Bertz CT molecular complexity index is 826. The third-order valence-electron chi connectivity index (χ3n) is 3.17. The molecule has 1 amide bonds. The van der Waals surface area contributed by atoms with Gasteiger partial charge in [0.15, 0.2) is 6.61 Å². The van der Waals surface area contributed by atoms with E-state index in [2.05, 4.69) is 10.0 Å². The second-order valence-corrected chi connectivity index (χ2v) is 7.29. The number of carbonyl (C=O) groups is 1. The number of amides is 1. The van der Waals surface area contributed by atoms with Crippen molar-refractivity contribution < 1.29 is 17.9 Å². The maximum absolute atomic E-state index is 12.4. The number of carbonyl (C=O) groups excluding carboxylic acids is 1. The Morgan fingerprint density at radius 1 is 1.16 bits per heavy atom. The van der Waals surface area contributed by atoms with Crippen LogP contribution in [0.3, 0.4) is 0 Å². The number of anilines is 1. The Labute approximate surface area is 152 Å². The summed E-state index contributed by atoms with van der Waals surface area (Å²) in [6.45, 7) is 2.33. The van der Waals surface area contributed by atoms with Gasteiger partial charge in [0, 0.05) is 12.2 Å². The number of sulfonamides is 1. The zero-order valence-corrected chi connectivity index (χ0v) is 15.2. The Morgan fingerprint density at radius 2 is 1.88 bits per heavy atom. The van der Waals surface area contributed by atoms with Crippen LogP contribution in [0.4, 0.5) is 5.69 Å². The normalized spacial score (nSPS) is 11.0.